The zero-order valence-electron chi connectivity index (χ0n) is 36.7. The minimum atomic E-state index is 0.506. The quantitative estimate of drug-likeness (QED) is 0.152. The summed E-state index contributed by atoms with van der Waals surface area (Å²) in [5.74, 6) is 1.65. The highest BCUT2D eigenvalue weighted by Crippen LogP contribution is 2.43. The Bertz CT molecular complexity index is 3880. The van der Waals surface area contributed by atoms with Crippen LogP contribution < -0.4 is 0 Å². The van der Waals surface area contributed by atoms with Crippen molar-refractivity contribution in [3.63, 3.8) is 0 Å². The maximum absolute atomic E-state index is 7.05. The number of rotatable bonds is 8. The molecule has 0 atom stereocenters. The Morgan fingerprint density at radius 3 is 1.46 bits per heavy atom. The van der Waals surface area contributed by atoms with Gasteiger partial charge in [0.15, 0.2) is 17.5 Å². The summed E-state index contributed by atoms with van der Waals surface area (Å²) in [5, 5.41) is 4.38. The summed E-state index contributed by atoms with van der Waals surface area (Å²) in [6.07, 6.45) is 1.97. The maximum Gasteiger partial charge on any atom is 0.166 e. The van der Waals surface area contributed by atoms with Crippen LogP contribution >= 0.6 is 0 Å². The van der Waals surface area contributed by atoms with Gasteiger partial charge in [0.05, 0.1) is 16.7 Å². The second-order valence-electron chi connectivity index (χ2n) is 17.0. The molecule has 68 heavy (non-hydrogen) atoms. The molecule has 0 N–H and O–H groups in total. The van der Waals surface area contributed by atoms with Crippen molar-refractivity contribution in [3.05, 3.63) is 237 Å². The molecule has 6 nitrogen and oxygen atoms in total. The van der Waals surface area contributed by atoms with E-state index in [1.54, 1.807) is 0 Å². The molecule has 4 aromatic heterocycles. The molecule has 13 rings (SSSR count). The third-order valence-electron chi connectivity index (χ3n) is 12.9. The van der Waals surface area contributed by atoms with Crippen LogP contribution in [0.5, 0.6) is 0 Å². The van der Waals surface area contributed by atoms with Gasteiger partial charge >= 0.3 is 0 Å². The van der Waals surface area contributed by atoms with Crippen LogP contribution in [0.4, 0.5) is 0 Å². The van der Waals surface area contributed by atoms with E-state index in [2.05, 4.69) is 174 Å². The van der Waals surface area contributed by atoms with Crippen molar-refractivity contribution < 1.29 is 4.42 Å². The van der Waals surface area contributed by atoms with E-state index in [4.69, 9.17) is 24.4 Å². The van der Waals surface area contributed by atoms with Crippen LogP contribution in [-0.2, 0) is 0 Å². The van der Waals surface area contributed by atoms with Crippen LogP contribution in [0.3, 0.4) is 0 Å². The van der Waals surface area contributed by atoms with Crippen molar-refractivity contribution in [3.8, 4) is 84.5 Å². The highest BCUT2D eigenvalue weighted by molar-refractivity contribution is 6.19. The molecule has 0 amide bonds. The lowest BCUT2D eigenvalue weighted by Gasteiger charge is -2.15. The second-order valence-corrected chi connectivity index (χ2v) is 17.0. The number of hydrogen-bond acceptors (Lipinski definition) is 5. The van der Waals surface area contributed by atoms with Crippen molar-refractivity contribution >= 4 is 43.7 Å². The Hall–Kier alpha value is -9.26. The topological polar surface area (TPSA) is 69.6 Å². The van der Waals surface area contributed by atoms with Crippen molar-refractivity contribution in [2.45, 2.75) is 0 Å². The highest BCUT2D eigenvalue weighted by atomic mass is 16.3. The Labute approximate surface area is 392 Å². The molecular weight excluding hydrogens is 831 g/mol. The Kier molecular flexibility index (Phi) is 9.39. The fraction of sp³-hybridized carbons (Fsp3) is 0. The molecule has 0 spiro atoms. The van der Waals surface area contributed by atoms with Crippen molar-refractivity contribution in [2.24, 2.45) is 0 Å². The van der Waals surface area contributed by atoms with Crippen LogP contribution in [0.15, 0.2) is 241 Å². The first-order valence-electron chi connectivity index (χ1n) is 22.8. The van der Waals surface area contributed by atoms with Crippen LogP contribution in [0.25, 0.3) is 128 Å². The zero-order chi connectivity index (χ0) is 45.0. The summed E-state index contributed by atoms with van der Waals surface area (Å²) in [6, 6.07) is 80.1. The molecule has 318 valence electrons. The maximum atomic E-state index is 7.05. The molecule has 0 saturated carbocycles. The SMILES string of the molecule is c1ccc(-c2cc(-c3ccccc3)cc(-c3cnc(-c4cccc5c4oc4cc6c(cc45)c4ccccc4n6-c4ccccc4)c(-c4nc(-c5ccccc5)nc(-c5ccccc5)n4)c3)c2)cc1. The molecule has 0 aliphatic heterocycles. The predicted octanol–water partition coefficient (Wildman–Crippen LogP) is 15.9. The highest BCUT2D eigenvalue weighted by Gasteiger charge is 2.23. The van der Waals surface area contributed by atoms with Gasteiger partial charge in [0, 0.05) is 67.3 Å². The number of aromatic nitrogens is 5. The van der Waals surface area contributed by atoms with E-state index in [0.29, 0.717) is 23.2 Å². The fourth-order valence-electron chi connectivity index (χ4n) is 9.63. The Balaban J connectivity index is 1.07. The van der Waals surface area contributed by atoms with Crippen LogP contribution in [0.2, 0.25) is 0 Å². The number of pyridine rings is 1. The van der Waals surface area contributed by atoms with Gasteiger partial charge in [-0.1, -0.05) is 170 Å². The molecule has 6 heteroatoms. The van der Waals surface area contributed by atoms with E-state index in [9.17, 15) is 0 Å². The molecule has 0 saturated heterocycles. The summed E-state index contributed by atoms with van der Waals surface area (Å²) in [7, 11) is 0. The Morgan fingerprint density at radius 1 is 0.324 bits per heavy atom. The number of nitrogens with zero attached hydrogens (tertiary/aromatic N) is 5. The third kappa shape index (κ3) is 6.82. The molecule has 0 aliphatic rings. The normalized spacial score (nSPS) is 11.5. The first-order chi connectivity index (χ1) is 33.7. The van der Waals surface area contributed by atoms with E-state index in [1.807, 2.05) is 66.9 Å². The van der Waals surface area contributed by atoms with Gasteiger partial charge in [-0.2, -0.15) is 0 Å². The fourth-order valence-corrected chi connectivity index (χ4v) is 9.63. The largest absolute Gasteiger partial charge is 0.455 e. The summed E-state index contributed by atoms with van der Waals surface area (Å²) >= 11 is 0. The number of hydrogen-bond donors (Lipinski definition) is 0. The summed E-state index contributed by atoms with van der Waals surface area (Å²) in [6.45, 7) is 0. The number of para-hydroxylation sites is 3. The van der Waals surface area contributed by atoms with E-state index < -0.39 is 0 Å². The lowest BCUT2D eigenvalue weighted by molar-refractivity contribution is 0.670. The molecule has 0 aliphatic carbocycles. The average molecular weight is 870 g/mol. The van der Waals surface area contributed by atoms with Gasteiger partial charge in [-0.25, -0.2) is 15.0 Å². The van der Waals surface area contributed by atoms with Crippen molar-refractivity contribution in [2.75, 3.05) is 0 Å². The van der Waals surface area contributed by atoms with Crippen molar-refractivity contribution in [1.82, 2.24) is 24.5 Å². The van der Waals surface area contributed by atoms with Crippen molar-refractivity contribution in [1.29, 1.82) is 0 Å². The van der Waals surface area contributed by atoms with Gasteiger partial charge < -0.3 is 8.98 Å². The zero-order valence-corrected chi connectivity index (χ0v) is 36.7. The number of fused-ring (bicyclic) bond motifs is 6. The van der Waals surface area contributed by atoms with Gasteiger partial charge in [0.25, 0.3) is 0 Å². The average Bonchev–Trinajstić information content (AvgIpc) is 3.96. The monoisotopic (exact) mass is 869 g/mol. The predicted molar refractivity (Wildman–Crippen MR) is 277 cm³/mol. The standard InChI is InChI=1S/C62H39N5O/c1-6-19-40(20-7-1)44-33-45(41-21-8-2-9-22-41)35-46(34-44)47-36-54(62-65-60(42-23-10-3-11-24-42)64-61(66-62)43-25-12-4-13-26-43)58(63-39-47)51-31-18-30-50-53-37-52-49-29-16-17-32-55(49)67(48-27-14-5-15-28-48)56(52)38-57(53)68-59(50)51/h1-39H. The van der Waals surface area contributed by atoms with E-state index in [1.165, 1.54) is 5.39 Å². The van der Waals surface area contributed by atoms with E-state index in [-0.39, 0.29) is 0 Å². The lowest BCUT2D eigenvalue weighted by atomic mass is 9.92. The molecule has 13 aromatic rings. The van der Waals surface area contributed by atoms with Gasteiger partial charge in [-0.3, -0.25) is 4.98 Å². The van der Waals surface area contributed by atoms with Gasteiger partial charge in [0.1, 0.15) is 11.2 Å². The van der Waals surface area contributed by atoms with Gasteiger partial charge in [0.2, 0.25) is 0 Å². The first-order valence-corrected chi connectivity index (χ1v) is 22.8. The Morgan fingerprint density at radius 2 is 0.838 bits per heavy atom. The molecule has 0 fully saturated rings. The minimum absolute atomic E-state index is 0.506. The molecule has 0 bridgehead atoms. The van der Waals surface area contributed by atoms with Crippen LogP contribution in [0.1, 0.15) is 0 Å². The minimum Gasteiger partial charge on any atom is -0.455 e. The molecule has 9 aromatic carbocycles. The molecule has 0 unspecified atom stereocenters. The molecular formula is C62H39N5O. The van der Waals surface area contributed by atoms with E-state index in [0.717, 1.165) is 99.7 Å². The van der Waals surface area contributed by atoms with Gasteiger partial charge in [-0.05, 0) is 82.4 Å². The molecule has 4 heterocycles. The van der Waals surface area contributed by atoms with E-state index >= 15 is 0 Å². The number of benzene rings is 9. The summed E-state index contributed by atoms with van der Waals surface area (Å²) < 4.78 is 9.37. The summed E-state index contributed by atoms with van der Waals surface area (Å²) in [5.41, 5.74) is 15.4. The van der Waals surface area contributed by atoms with Crippen LogP contribution in [-0.4, -0.2) is 24.5 Å². The van der Waals surface area contributed by atoms with Crippen LogP contribution in [0, 0.1) is 0 Å². The second kappa shape index (κ2) is 16.3. The smallest absolute Gasteiger partial charge is 0.166 e. The third-order valence-corrected chi connectivity index (χ3v) is 12.9. The molecule has 0 radical (unpaired) electrons. The first kappa shape index (κ1) is 39.1. The summed E-state index contributed by atoms with van der Waals surface area (Å²) in [4.78, 5) is 21.0. The number of furan rings is 1. The lowest BCUT2D eigenvalue weighted by Crippen LogP contribution is -2.02. The van der Waals surface area contributed by atoms with Gasteiger partial charge in [-0.15, -0.1) is 0 Å².